The van der Waals surface area contributed by atoms with Gasteiger partial charge in [0.05, 0.1) is 11.7 Å². The van der Waals surface area contributed by atoms with Crippen LogP contribution in [0.15, 0.2) is 0 Å². The summed E-state index contributed by atoms with van der Waals surface area (Å²) in [5, 5.41) is 0. The molecule has 1 aliphatic rings. The van der Waals surface area contributed by atoms with E-state index in [1.807, 2.05) is 0 Å². The van der Waals surface area contributed by atoms with E-state index < -0.39 is 0 Å². The molecule has 13 heavy (non-hydrogen) atoms. The molecule has 1 nitrogen and oxygen atoms in total. The van der Waals surface area contributed by atoms with Crippen LogP contribution in [0.4, 0.5) is 0 Å². The van der Waals surface area contributed by atoms with E-state index in [-0.39, 0.29) is 5.60 Å². The predicted octanol–water partition coefficient (Wildman–Crippen LogP) is 3.91. The number of hydrogen-bond acceptors (Lipinski definition) is 1. The van der Waals surface area contributed by atoms with Crippen molar-refractivity contribution < 1.29 is 4.74 Å². The normalized spacial score (nSPS) is 24.7. The smallest absolute Gasteiger partial charge is 0.0892 e. The first-order valence-corrected chi connectivity index (χ1v) is 5.84. The average Bonchev–Trinajstić information content (AvgIpc) is 2.67. The van der Waals surface area contributed by atoms with E-state index in [4.69, 9.17) is 4.74 Å². The molecular weight excluding hydrogens is 160 g/mol. The SMILES string of the molecule is CCCCCCCCC1OC1(C)C. The summed E-state index contributed by atoms with van der Waals surface area (Å²) in [6.45, 7) is 6.64. The van der Waals surface area contributed by atoms with Crippen LogP contribution in [-0.2, 0) is 4.74 Å². The fraction of sp³-hybridized carbons (Fsp3) is 1.00. The third kappa shape index (κ3) is 4.12. The highest BCUT2D eigenvalue weighted by atomic mass is 16.6. The first-order chi connectivity index (χ1) is 6.17. The van der Waals surface area contributed by atoms with Gasteiger partial charge in [-0.1, -0.05) is 45.4 Å². The lowest BCUT2D eigenvalue weighted by molar-refractivity contribution is 0.318. The second-order valence-electron chi connectivity index (χ2n) is 4.77. The predicted molar refractivity (Wildman–Crippen MR) is 56.9 cm³/mol. The molecule has 1 heteroatoms. The Morgan fingerprint density at radius 2 is 1.54 bits per heavy atom. The summed E-state index contributed by atoms with van der Waals surface area (Å²) in [6, 6.07) is 0. The maximum Gasteiger partial charge on any atom is 0.0892 e. The minimum absolute atomic E-state index is 0.212. The summed E-state index contributed by atoms with van der Waals surface area (Å²) < 4.78 is 5.53. The Kier molecular flexibility index (Phi) is 4.24. The van der Waals surface area contributed by atoms with Gasteiger partial charge >= 0.3 is 0 Å². The second-order valence-corrected chi connectivity index (χ2v) is 4.77. The van der Waals surface area contributed by atoms with E-state index >= 15 is 0 Å². The molecule has 1 unspecified atom stereocenters. The highest BCUT2D eigenvalue weighted by Gasteiger charge is 2.46. The van der Waals surface area contributed by atoms with Crippen molar-refractivity contribution in [2.24, 2.45) is 0 Å². The van der Waals surface area contributed by atoms with Gasteiger partial charge in [0.1, 0.15) is 0 Å². The van der Waals surface area contributed by atoms with Crippen molar-refractivity contribution in [2.75, 3.05) is 0 Å². The zero-order valence-electron chi connectivity index (χ0n) is 9.44. The van der Waals surface area contributed by atoms with E-state index in [0.717, 1.165) is 0 Å². The third-order valence-corrected chi connectivity index (χ3v) is 2.98. The largest absolute Gasteiger partial charge is 0.367 e. The highest BCUT2D eigenvalue weighted by molar-refractivity contribution is 4.94. The zero-order chi connectivity index (χ0) is 9.73. The van der Waals surface area contributed by atoms with Crippen LogP contribution in [0.5, 0.6) is 0 Å². The van der Waals surface area contributed by atoms with Gasteiger partial charge in [-0.15, -0.1) is 0 Å². The molecule has 0 bridgehead atoms. The summed E-state index contributed by atoms with van der Waals surface area (Å²) in [4.78, 5) is 0. The molecule has 0 spiro atoms. The number of ether oxygens (including phenoxy) is 1. The topological polar surface area (TPSA) is 12.5 Å². The van der Waals surface area contributed by atoms with Gasteiger partial charge in [0.15, 0.2) is 0 Å². The molecule has 0 N–H and O–H groups in total. The van der Waals surface area contributed by atoms with Crippen LogP contribution in [0.25, 0.3) is 0 Å². The second kappa shape index (κ2) is 4.99. The molecule has 0 radical (unpaired) electrons. The Morgan fingerprint density at radius 1 is 1.00 bits per heavy atom. The van der Waals surface area contributed by atoms with E-state index in [9.17, 15) is 0 Å². The van der Waals surface area contributed by atoms with E-state index in [2.05, 4.69) is 20.8 Å². The van der Waals surface area contributed by atoms with Crippen LogP contribution < -0.4 is 0 Å². The van der Waals surface area contributed by atoms with Crippen molar-refractivity contribution in [1.82, 2.24) is 0 Å². The first-order valence-electron chi connectivity index (χ1n) is 5.84. The minimum Gasteiger partial charge on any atom is -0.367 e. The zero-order valence-corrected chi connectivity index (χ0v) is 9.44. The van der Waals surface area contributed by atoms with Crippen molar-refractivity contribution in [3.8, 4) is 0 Å². The van der Waals surface area contributed by atoms with Crippen LogP contribution in [0.1, 0.15) is 65.7 Å². The van der Waals surface area contributed by atoms with Crippen LogP contribution in [0.2, 0.25) is 0 Å². The highest BCUT2D eigenvalue weighted by Crippen LogP contribution is 2.38. The van der Waals surface area contributed by atoms with Gasteiger partial charge in [-0.3, -0.25) is 0 Å². The van der Waals surface area contributed by atoms with Crippen LogP contribution in [-0.4, -0.2) is 11.7 Å². The number of hydrogen-bond donors (Lipinski definition) is 0. The summed E-state index contributed by atoms with van der Waals surface area (Å²) in [5.74, 6) is 0. The minimum atomic E-state index is 0.212. The first kappa shape index (κ1) is 11.0. The Balaban J connectivity index is 1.80. The fourth-order valence-electron chi connectivity index (χ4n) is 1.85. The molecule has 0 aromatic rings. The molecule has 1 atom stereocenters. The molecular formula is C12H24O. The Morgan fingerprint density at radius 3 is 2.08 bits per heavy atom. The maximum atomic E-state index is 5.53. The molecule has 1 saturated heterocycles. The van der Waals surface area contributed by atoms with Gasteiger partial charge in [0.25, 0.3) is 0 Å². The maximum absolute atomic E-state index is 5.53. The van der Waals surface area contributed by atoms with E-state index in [0.29, 0.717) is 6.10 Å². The lowest BCUT2D eigenvalue weighted by atomic mass is 10.0. The van der Waals surface area contributed by atoms with Gasteiger partial charge < -0.3 is 4.74 Å². The number of epoxide rings is 1. The van der Waals surface area contributed by atoms with Gasteiger partial charge in [0, 0.05) is 0 Å². The lowest BCUT2D eigenvalue weighted by Crippen LogP contribution is -2.02. The Bertz CT molecular complexity index is 140. The monoisotopic (exact) mass is 184 g/mol. The molecule has 0 aromatic heterocycles. The van der Waals surface area contributed by atoms with Gasteiger partial charge in [-0.2, -0.15) is 0 Å². The number of unbranched alkanes of at least 4 members (excludes halogenated alkanes) is 5. The lowest BCUT2D eigenvalue weighted by Gasteiger charge is -1.99. The van der Waals surface area contributed by atoms with E-state index in [1.165, 1.54) is 44.9 Å². The van der Waals surface area contributed by atoms with Crippen molar-refractivity contribution in [1.29, 1.82) is 0 Å². The van der Waals surface area contributed by atoms with Gasteiger partial charge in [-0.05, 0) is 20.3 Å². The summed E-state index contributed by atoms with van der Waals surface area (Å²) >= 11 is 0. The Labute approximate surface area is 82.9 Å². The van der Waals surface area contributed by atoms with Crippen molar-refractivity contribution in [3.05, 3.63) is 0 Å². The molecule has 1 fully saturated rings. The molecule has 0 aliphatic carbocycles. The van der Waals surface area contributed by atoms with Crippen molar-refractivity contribution in [2.45, 2.75) is 77.4 Å². The summed E-state index contributed by atoms with van der Waals surface area (Å²) in [7, 11) is 0. The van der Waals surface area contributed by atoms with Gasteiger partial charge in [-0.25, -0.2) is 0 Å². The molecule has 1 aliphatic heterocycles. The molecule has 1 heterocycles. The summed E-state index contributed by atoms with van der Waals surface area (Å²) in [6.07, 6.45) is 10.2. The summed E-state index contributed by atoms with van der Waals surface area (Å²) in [5.41, 5.74) is 0.212. The fourth-order valence-corrected chi connectivity index (χ4v) is 1.85. The van der Waals surface area contributed by atoms with Crippen molar-refractivity contribution in [3.63, 3.8) is 0 Å². The van der Waals surface area contributed by atoms with Crippen LogP contribution in [0, 0.1) is 0 Å². The van der Waals surface area contributed by atoms with Crippen molar-refractivity contribution >= 4 is 0 Å². The standard InChI is InChI=1S/C12H24O/c1-4-5-6-7-8-9-10-11-12(2,3)13-11/h11H,4-10H2,1-3H3. The van der Waals surface area contributed by atoms with Crippen LogP contribution >= 0.6 is 0 Å². The van der Waals surface area contributed by atoms with Crippen LogP contribution in [0.3, 0.4) is 0 Å². The molecule has 1 rings (SSSR count). The molecule has 0 amide bonds. The molecule has 0 aromatic carbocycles. The van der Waals surface area contributed by atoms with Gasteiger partial charge in [0.2, 0.25) is 0 Å². The number of rotatable bonds is 7. The quantitative estimate of drug-likeness (QED) is 0.431. The average molecular weight is 184 g/mol. The third-order valence-electron chi connectivity index (χ3n) is 2.98. The Hall–Kier alpha value is -0.0400. The molecule has 0 saturated carbocycles. The van der Waals surface area contributed by atoms with E-state index in [1.54, 1.807) is 0 Å². The molecule has 78 valence electrons.